The fourth-order valence-corrected chi connectivity index (χ4v) is 2.79. The van der Waals surface area contributed by atoms with Crippen molar-refractivity contribution in [2.24, 2.45) is 4.99 Å². The van der Waals surface area contributed by atoms with Crippen LogP contribution in [0.3, 0.4) is 0 Å². The first kappa shape index (κ1) is 13.4. The van der Waals surface area contributed by atoms with Crippen LogP contribution >= 0.6 is 34.5 Å². The van der Waals surface area contributed by atoms with Crippen LogP contribution in [-0.2, 0) is 9.53 Å². The average Bonchev–Trinajstić information content (AvgIpc) is 3.03. The molecule has 1 aliphatic heterocycles. The van der Waals surface area contributed by atoms with Gasteiger partial charge in [0.1, 0.15) is 0 Å². The van der Waals surface area contributed by atoms with Crippen LogP contribution in [0.15, 0.2) is 46.4 Å². The topological polar surface area (TPSA) is 38.7 Å². The van der Waals surface area contributed by atoms with Gasteiger partial charge in [-0.15, -0.1) is 11.3 Å². The Bertz CT molecular complexity index is 736. The number of halogens is 2. The van der Waals surface area contributed by atoms with Gasteiger partial charge in [-0.05, 0) is 35.2 Å². The molecule has 20 heavy (non-hydrogen) atoms. The molecule has 0 saturated heterocycles. The predicted molar refractivity (Wildman–Crippen MR) is 81.4 cm³/mol. The van der Waals surface area contributed by atoms with Gasteiger partial charge in [-0.1, -0.05) is 35.3 Å². The molecule has 0 amide bonds. The first-order valence-corrected chi connectivity index (χ1v) is 7.28. The Hall–Kier alpha value is -1.62. The fourth-order valence-electron chi connectivity index (χ4n) is 1.68. The molecular weight excluding hydrogens is 317 g/mol. The quantitative estimate of drug-likeness (QED) is 0.607. The van der Waals surface area contributed by atoms with Crippen molar-refractivity contribution in [1.29, 1.82) is 0 Å². The van der Waals surface area contributed by atoms with Crippen molar-refractivity contribution in [3.63, 3.8) is 0 Å². The molecule has 0 spiro atoms. The van der Waals surface area contributed by atoms with Crippen LogP contribution < -0.4 is 0 Å². The number of carbonyl (C=O) groups is 1. The van der Waals surface area contributed by atoms with Crippen molar-refractivity contribution in [2.75, 3.05) is 0 Å². The molecule has 2 aromatic rings. The van der Waals surface area contributed by atoms with Crippen LogP contribution in [0.5, 0.6) is 0 Å². The summed E-state index contributed by atoms with van der Waals surface area (Å²) >= 11 is 13.4. The third-order valence-electron chi connectivity index (χ3n) is 2.61. The molecule has 0 bridgehead atoms. The van der Waals surface area contributed by atoms with Gasteiger partial charge in [-0.2, -0.15) is 0 Å². The molecule has 1 aromatic heterocycles. The monoisotopic (exact) mass is 323 g/mol. The third kappa shape index (κ3) is 2.63. The highest BCUT2D eigenvalue weighted by molar-refractivity contribution is 7.12. The highest BCUT2D eigenvalue weighted by Crippen LogP contribution is 2.26. The second-order valence-corrected chi connectivity index (χ2v) is 5.77. The van der Waals surface area contributed by atoms with E-state index >= 15 is 0 Å². The van der Waals surface area contributed by atoms with E-state index in [-0.39, 0.29) is 5.70 Å². The Labute approximate surface area is 129 Å². The normalized spacial score (nSPS) is 16.4. The maximum absolute atomic E-state index is 11.8. The molecule has 0 atom stereocenters. The zero-order chi connectivity index (χ0) is 14.1. The Kier molecular flexibility index (Phi) is 3.61. The fraction of sp³-hybridized carbons (Fsp3) is 0. The smallest absolute Gasteiger partial charge is 0.363 e. The number of ether oxygens (including phenoxy) is 1. The summed E-state index contributed by atoms with van der Waals surface area (Å²) < 4.78 is 5.14. The average molecular weight is 324 g/mol. The largest absolute Gasteiger partial charge is 0.401 e. The number of nitrogens with zero attached hydrogens (tertiary/aromatic N) is 1. The van der Waals surface area contributed by atoms with E-state index in [2.05, 4.69) is 4.99 Å². The molecule has 0 saturated carbocycles. The summed E-state index contributed by atoms with van der Waals surface area (Å²) in [4.78, 5) is 16.8. The molecule has 0 aliphatic carbocycles. The lowest BCUT2D eigenvalue weighted by Gasteiger charge is -1.98. The maximum atomic E-state index is 11.8. The van der Waals surface area contributed by atoms with Crippen LogP contribution in [0.25, 0.3) is 6.08 Å². The lowest BCUT2D eigenvalue weighted by Crippen LogP contribution is -2.03. The molecule has 0 fully saturated rings. The standard InChI is InChI=1S/C14H7Cl2NO2S/c15-9-4-3-8(10(16)7-9)6-11-14(18)19-13(17-11)12-2-1-5-20-12/h1-7H/b11-6-. The molecule has 6 heteroatoms. The van der Waals surface area contributed by atoms with Gasteiger partial charge >= 0.3 is 5.97 Å². The first-order chi connectivity index (χ1) is 9.63. The molecule has 1 aliphatic rings. The van der Waals surface area contributed by atoms with Crippen molar-refractivity contribution in [2.45, 2.75) is 0 Å². The van der Waals surface area contributed by atoms with E-state index in [1.54, 1.807) is 24.3 Å². The third-order valence-corrected chi connectivity index (χ3v) is 4.03. The minimum atomic E-state index is -0.487. The lowest BCUT2D eigenvalue weighted by molar-refractivity contribution is -0.129. The number of benzene rings is 1. The zero-order valence-corrected chi connectivity index (χ0v) is 12.3. The van der Waals surface area contributed by atoms with Gasteiger partial charge < -0.3 is 4.74 Å². The number of carbonyl (C=O) groups excluding carboxylic acids is 1. The van der Waals surface area contributed by atoms with E-state index in [1.807, 2.05) is 17.5 Å². The Morgan fingerprint density at radius 3 is 2.80 bits per heavy atom. The molecule has 2 heterocycles. The van der Waals surface area contributed by atoms with Crippen molar-refractivity contribution in [1.82, 2.24) is 0 Å². The summed E-state index contributed by atoms with van der Waals surface area (Å²) in [7, 11) is 0. The minimum absolute atomic E-state index is 0.220. The van der Waals surface area contributed by atoms with Gasteiger partial charge in [0.15, 0.2) is 5.70 Å². The molecule has 0 N–H and O–H groups in total. The highest BCUT2D eigenvalue weighted by atomic mass is 35.5. The number of esters is 1. The van der Waals surface area contributed by atoms with Gasteiger partial charge in [-0.25, -0.2) is 9.79 Å². The van der Waals surface area contributed by atoms with Gasteiger partial charge in [0.25, 0.3) is 0 Å². The molecule has 3 rings (SSSR count). The van der Waals surface area contributed by atoms with E-state index in [1.165, 1.54) is 11.3 Å². The van der Waals surface area contributed by atoms with Crippen molar-refractivity contribution >= 4 is 52.5 Å². The molecule has 100 valence electrons. The van der Waals surface area contributed by atoms with Crippen LogP contribution in [-0.4, -0.2) is 11.9 Å². The maximum Gasteiger partial charge on any atom is 0.363 e. The summed E-state index contributed by atoms with van der Waals surface area (Å²) in [5, 5.41) is 2.88. The summed E-state index contributed by atoms with van der Waals surface area (Å²) in [5.41, 5.74) is 0.886. The highest BCUT2D eigenvalue weighted by Gasteiger charge is 2.24. The molecule has 3 nitrogen and oxygen atoms in total. The SMILES string of the molecule is O=C1OC(c2cccs2)=N/C1=C\c1ccc(Cl)cc1Cl. The summed E-state index contributed by atoms with van der Waals surface area (Å²) in [6.45, 7) is 0. The molecular formula is C14H7Cl2NO2S. The molecule has 1 aromatic carbocycles. The Morgan fingerprint density at radius 1 is 1.25 bits per heavy atom. The summed E-state index contributed by atoms with van der Waals surface area (Å²) in [6.07, 6.45) is 1.58. The van der Waals surface area contributed by atoms with Crippen LogP contribution in [0.4, 0.5) is 0 Å². The zero-order valence-electron chi connectivity index (χ0n) is 9.97. The molecule has 0 unspecified atom stereocenters. The van der Waals surface area contributed by atoms with Crippen LogP contribution in [0.1, 0.15) is 10.4 Å². The first-order valence-electron chi connectivity index (χ1n) is 5.65. The number of thiophene rings is 1. The number of cyclic esters (lactones) is 1. The van der Waals surface area contributed by atoms with Gasteiger partial charge in [0, 0.05) is 10.0 Å². The van der Waals surface area contributed by atoms with E-state index < -0.39 is 5.97 Å². The van der Waals surface area contributed by atoms with Gasteiger partial charge in [0.05, 0.1) is 4.88 Å². The second-order valence-electron chi connectivity index (χ2n) is 3.98. The lowest BCUT2D eigenvalue weighted by atomic mass is 10.2. The van der Waals surface area contributed by atoms with Crippen molar-refractivity contribution in [3.05, 3.63) is 61.9 Å². The number of hydrogen-bond donors (Lipinski definition) is 0. The van der Waals surface area contributed by atoms with Crippen molar-refractivity contribution < 1.29 is 9.53 Å². The number of rotatable bonds is 2. The number of hydrogen-bond acceptors (Lipinski definition) is 4. The number of aliphatic imine (C=N–C) groups is 1. The Morgan fingerprint density at radius 2 is 2.10 bits per heavy atom. The van der Waals surface area contributed by atoms with Gasteiger partial charge in [0.2, 0.25) is 5.90 Å². The van der Waals surface area contributed by atoms with E-state index in [0.29, 0.717) is 21.5 Å². The Balaban J connectivity index is 1.97. The van der Waals surface area contributed by atoms with E-state index in [0.717, 1.165) is 4.88 Å². The summed E-state index contributed by atoms with van der Waals surface area (Å²) in [6, 6.07) is 8.75. The van der Waals surface area contributed by atoms with Crippen LogP contribution in [0.2, 0.25) is 10.0 Å². The van der Waals surface area contributed by atoms with E-state index in [4.69, 9.17) is 27.9 Å². The molecule has 0 radical (unpaired) electrons. The summed E-state index contributed by atoms with van der Waals surface area (Å²) in [5.74, 6) is -0.166. The van der Waals surface area contributed by atoms with Gasteiger partial charge in [-0.3, -0.25) is 0 Å². The van der Waals surface area contributed by atoms with E-state index in [9.17, 15) is 4.79 Å². The second kappa shape index (κ2) is 5.40. The van der Waals surface area contributed by atoms with Crippen molar-refractivity contribution in [3.8, 4) is 0 Å². The minimum Gasteiger partial charge on any atom is -0.401 e. The van der Waals surface area contributed by atoms with Crippen LogP contribution in [0, 0.1) is 0 Å². The predicted octanol–water partition coefficient (Wildman–Crippen LogP) is 4.40.